The van der Waals surface area contributed by atoms with Crippen LogP contribution in [0.4, 0.5) is 0 Å². The van der Waals surface area contributed by atoms with Crippen molar-refractivity contribution in [3.63, 3.8) is 0 Å². The molecule has 0 radical (unpaired) electrons. The first-order chi connectivity index (χ1) is 2.00. The molecule has 0 amide bonds. The average molecular weight is 154 g/mol. The van der Waals surface area contributed by atoms with Crippen molar-refractivity contribution in [2.75, 3.05) is 0 Å². The van der Waals surface area contributed by atoms with E-state index in [0.29, 0.717) is 0 Å². The van der Waals surface area contributed by atoms with E-state index < -0.39 is 7.82 Å². The first-order valence-corrected chi connectivity index (χ1v) is 2.19. The molecule has 4 nitrogen and oxygen atoms in total. The Hall–Kier alpha value is 0.604. The molecule has 0 aliphatic heterocycles. The Kier molecular flexibility index (Phi) is 4.44. The molecule has 6 heavy (non-hydrogen) atoms. The molecule has 0 atom stereocenters. The van der Waals surface area contributed by atoms with Gasteiger partial charge in [0, 0.05) is 0 Å². The molecule has 0 rings (SSSR count). The maximum absolute atomic E-state index is 8.55. The van der Waals surface area contributed by atoms with E-state index in [1.165, 1.54) is 0 Å². The van der Waals surface area contributed by atoms with Crippen LogP contribution in [-0.4, -0.2) is 0 Å². The summed E-state index contributed by atoms with van der Waals surface area (Å²) in [5, 5.41) is 0. The van der Waals surface area contributed by atoms with E-state index in [-0.39, 0.29) is 16.5 Å². The van der Waals surface area contributed by atoms with E-state index in [1.807, 2.05) is 0 Å². The van der Waals surface area contributed by atoms with Crippen LogP contribution < -0.4 is 14.7 Å². The Morgan fingerprint density at radius 2 is 1.17 bits per heavy atom. The third-order valence-corrected chi connectivity index (χ3v) is 0. The maximum atomic E-state index is 8.55. The summed E-state index contributed by atoms with van der Waals surface area (Å²) in [7, 11) is -5.39. The molecule has 0 bridgehead atoms. The minimum absolute atomic E-state index is 0. The number of rotatable bonds is 0. The van der Waals surface area contributed by atoms with E-state index in [2.05, 4.69) is 0 Å². The quantitative estimate of drug-likeness (QED) is 0.277. The summed E-state index contributed by atoms with van der Waals surface area (Å²) >= 11 is 0. The molecule has 0 aromatic rings. The van der Waals surface area contributed by atoms with Gasteiger partial charge in [-0.15, -0.1) is 0 Å². The van der Waals surface area contributed by atoms with Gasteiger partial charge in [0.15, 0.2) is 0 Å². The van der Waals surface area contributed by atoms with Crippen molar-refractivity contribution < 1.29 is 35.7 Å². The van der Waals surface area contributed by atoms with Crippen molar-refractivity contribution in [3.8, 4) is 0 Å². The number of phosphoric acid groups is 1. The summed E-state index contributed by atoms with van der Waals surface area (Å²) < 4.78 is 8.55. The summed E-state index contributed by atoms with van der Waals surface area (Å²) in [6.45, 7) is 0. The Morgan fingerprint density at radius 1 is 1.17 bits per heavy atom. The van der Waals surface area contributed by atoms with Gasteiger partial charge in [-0.05, 0) is 0 Å². The normalized spacial score (nSPS) is 9.83. The summed E-state index contributed by atoms with van der Waals surface area (Å²) in [4.78, 5) is 25.6. The zero-order valence-corrected chi connectivity index (χ0v) is 4.28. The summed E-state index contributed by atoms with van der Waals surface area (Å²) in [6.07, 6.45) is 0. The van der Waals surface area contributed by atoms with Crippen LogP contribution in [0.3, 0.4) is 0 Å². The predicted molar refractivity (Wildman–Crippen MR) is 7.61 cm³/mol. The maximum Gasteiger partial charge on any atom is 2.00 e. The molecule has 0 aliphatic carbocycles. The Labute approximate surface area is 44.4 Å². The zero-order valence-electron chi connectivity index (χ0n) is 2.40. The van der Waals surface area contributed by atoms with Gasteiger partial charge in [-0.1, -0.05) is 0 Å². The topological polar surface area (TPSA) is 86.2 Å². The van der Waals surface area contributed by atoms with Crippen LogP contribution in [0, 0.1) is 0 Å². The molecule has 0 fully saturated rings. The predicted octanol–water partition coefficient (Wildman–Crippen LogP) is -2.83. The van der Waals surface area contributed by atoms with Crippen molar-refractivity contribution in [1.82, 2.24) is 0 Å². The van der Waals surface area contributed by atoms with Crippen molar-refractivity contribution in [2.45, 2.75) is 0 Å². The fraction of sp³-hybridized carbons (Fsp3) is 0. The van der Waals surface area contributed by atoms with Crippen LogP contribution in [0.5, 0.6) is 0 Å². The fourth-order valence-electron chi connectivity index (χ4n) is 0. The summed E-state index contributed by atoms with van der Waals surface area (Å²) in [5.74, 6) is 0. The zero-order chi connectivity index (χ0) is 4.50. The van der Waals surface area contributed by atoms with Gasteiger partial charge < -0.3 is 19.2 Å². The van der Waals surface area contributed by atoms with E-state index in [4.69, 9.17) is 19.2 Å². The molecule has 0 saturated carbocycles. The van der Waals surface area contributed by atoms with Gasteiger partial charge in [0.05, 0.1) is 0 Å². The van der Waals surface area contributed by atoms with Gasteiger partial charge in [-0.3, -0.25) is 0 Å². The molecule has 40 valence electrons. The summed E-state index contributed by atoms with van der Waals surface area (Å²) in [6, 6.07) is 0. The van der Waals surface area contributed by atoms with E-state index in [9.17, 15) is 0 Å². The summed E-state index contributed by atoms with van der Waals surface area (Å²) in [5.41, 5.74) is 0. The number of hydrogen-bond acceptors (Lipinski definition) is 4. The van der Waals surface area contributed by atoms with Crippen LogP contribution in [-0.2, 0) is 21.1 Å². The molecule has 6 heteroatoms. The van der Waals surface area contributed by atoms with Gasteiger partial charge in [0.25, 0.3) is 0 Å². The third kappa shape index (κ3) is 164. The first-order valence-electron chi connectivity index (χ1n) is 0.730. The van der Waals surface area contributed by atoms with Crippen molar-refractivity contribution in [2.24, 2.45) is 0 Å². The monoisotopic (exact) mass is 153 g/mol. The molecule has 0 saturated heterocycles. The largest absolute Gasteiger partial charge is 2.00 e. The number of hydrogen-bond donors (Lipinski definition) is 0. The fourth-order valence-corrected chi connectivity index (χ4v) is 0. The molecular weight excluding hydrogens is 154 g/mol. The molecule has 0 aliphatic rings. The molecule has 0 heterocycles. The molecular formula is NiO4P-. The minimum atomic E-state index is -5.39. The molecule has 0 aromatic heterocycles. The molecule has 0 spiro atoms. The van der Waals surface area contributed by atoms with Crippen LogP contribution in [0.15, 0.2) is 0 Å². The smallest absolute Gasteiger partial charge is 0.822 e. The second-order valence-electron chi connectivity index (χ2n) is 0.447. The van der Waals surface area contributed by atoms with Crippen molar-refractivity contribution >= 4 is 7.82 Å². The van der Waals surface area contributed by atoms with E-state index >= 15 is 0 Å². The van der Waals surface area contributed by atoms with Gasteiger partial charge in [0.2, 0.25) is 0 Å². The van der Waals surface area contributed by atoms with Crippen molar-refractivity contribution in [1.29, 1.82) is 0 Å². The van der Waals surface area contributed by atoms with Crippen LogP contribution >= 0.6 is 7.82 Å². The standard InChI is InChI=1S/Ni.H3O4P/c;1-5(2,3)4/h;(H3,1,2,3,4)/q+2;/p-3. The van der Waals surface area contributed by atoms with E-state index in [0.717, 1.165) is 0 Å². The Bertz CT molecular complexity index is 53.7. The van der Waals surface area contributed by atoms with E-state index in [1.54, 1.807) is 0 Å². The minimum Gasteiger partial charge on any atom is -0.822 e. The van der Waals surface area contributed by atoms with Gasteiger partial charge in [-0.2, -0.15) is 7.82 Å². The molecule has 0 aromatic carbocycles. The SMILES string of the molecule is O=P([O-])([O-])[O-].[Ni+2]. The van der Waals surface area contributed by atoms with Crippen LogP contribution in [0.2, 0.25) is 0 Å². The Balaban J connectivity index is 0. The third-order valence-electron chi connectivity index (χ3n) is 0. The first kappa shape index (κ1) is 9.78. The average Bonchev–Trinajstić information content (AvgIpc) is 0.722. The van der Waals surface area contributed by atoms with Crippen molar-refractivity contribution in [3.05, 3.63) is 0 Å². The van der Waals surface area contributed by atoms with Crippen LogP contribution in [0.25, 0.3) is 0 Å². The molecule has 0 unspecified atom stereocenters. The molecule has 0 N–H and O–H groups in total. The second-order valence-corrected chi connectivity index (χ2v) is 1.34. The van der Waals surface area contributed by atoms with Crippen LogP contribution in [0.1, 0.15) is 0 Å². The Morgan fingerprint density at radius 3 is 1.17 bits per heavy atom. The second kappa shape index (κ2) is 2.72. The van der Waals surface area contributed by atoms with Gasteiger partial charge in [-0.25, -0.2) is 0 Å². The van der Waals surface area contributed by atoms with Gasteiger partial charge >= 0.3 is 16.5 Å². The van der Waals surface area contributed by atoms with Gasteiger partial charge in [0.1, 0.15) is 0 Å².